The highest BCUT2D eigenvalue weighted by Gasteiger charge is 2.12. The van der Waals surface area contributed by atoms with E-state index in [1.807, 2.05) is 38.1 Å². The van der Waals surface area contributed by atoms with Gasteiger partial charge in [-0.1, -0.05) is 29.8 Å². The van der Waals surface area contributed by atoms with Gasteiger partial charge in [0, 0.05) is 23.4 Å². The number of nitrogens with zero attached hydrogens (tertiary/aromatic N) is 2. The number of carbonyl (C=O) groups is 1. The first-order valence-electron chi connectivity index (χ1n) is 9.06. The summed E-state index contributed by atoms with van der Waals surface area (Å²) < 4.78 is 16.1. The molecule has 0 saturated carbocycles. The van der Waals surface area contributed by atoms with Crippen LogP contribution in [0.4, 0.5) is 5.69 Å². The first-order valence-corrected chi connectivity index (χ1v) is 9.06. The highest BCUT2D eigenvalue weighted by atomic mass is 16.5. The van der Waals surface area contributed by atoms with Crippen LogP contribution in [0, 0.1) is 13.8 Å². The second kappa shape index (κ2) is 9.05. The van der Waals surface area contributed by atoms with Crippen LogP contribution in [0.25, 0.3) is 11.4 Å². The Morgan fingerprint density at radius 1 is 0.966 bits per heavy atom. The van der Waals surface area contributed by atoms with Crippen molar-refractivity contribution in [1.82, 2.24) is 9.97 Å². The molecule has 1 heterocycles. The van der Waals surface area contributed by atoms with Crippen molar-refractivity contribution in [2.75, 3.05) is 26.1 Å². The van der Waals surface area contributed by atoms with Gasteiger partial charge in [-0.15, -0.1) is 0 Å². The van der Waals surface area contributed by atoms with Crippen LogP contribution in [-0.2, 0) is 4.79 Å². The van der Waals surface area contributed by atoms with Gasteiger partial charge in [-0.05, 0) is 26.0 Å². The zero-order valence-corrected chi connectivity index (χ0v) is 16.9. The maximum absolute atomic E-state index is 12.4. The molecule has 0 spiro atoms. The molecule has 29 heavy (non-hydrogen) atoms. The van der Waals surface area contributed by atoms with E-state index in [1.54, 1.807) is 31.4 Å². The average molecular weight is 393 g/mol. The van der Waals surface area contributed by atoms with Crippen LogP contribution in [-0.4, -0.2) is 36.7 Å². The maximum Gasteiger partial charge on any atom is 0.262 e. The van der Waals surface area contributed by atoms with Gasteiger partial charge in [0.15, 0.2) is 12.4 Å². The van der Waals surface area contributed by atoms with E-state index in [0.29, 0.717) is 28.9 Å². The number of amides is 1. The van der Waals surface area contributed by atoms with Crippen molar-refractivity contribution >= 4 is 11.6 Å². The molecule has 1 N–H and O–H groups in total. The van der Waals surface area contributed by atoms with Crippen molar-refractivity contribution in [2.24, 2.45) is 0 Å². The van der Waals surface area contributed by atoms with Gasteiger partial charge in [-0.2, -0.15) is 4.98 Å². The Hall–Kier alpha value is -3.61. The number of aromatic nitrogens is 2. The van der Waals surface area contributed by atoms with Crippen molar-refractivity contribution in [1.29, 1.82) is 0 Å². The average Bonchev–Trinajstić information content (AvgIpc) is 2.72. The van der Waals surface area contributed by atoms with E-state index in [1.165, 1.54) is 7.11 Å². The number of rotatable bonds is 7. The zero-order chi connectivity index (χ0) is 20.8. The van der Waals surface area contributed by atoms with Crippen molar-refractivity contribution < 1.29 is 19.0 Å². The minimum absolute atomic E-state index is 0.204. The Morgan fingerprint density at radius 3 is 2.41 bits per heavy atom. The van der Waals surface area contributed by atoms with Crippen LogP contribution in [0.3, 0.4) is 0 Å². The minimum atomic E-state index is -0.343. The number of nitrogens with one attached hydrogen (secondary N) is 1. The normalized spacial score (nSPS) is 10.3. The molecule has 1 aromatic heterocycles. The summed E-state index contributed by atoms with van der Waals surface area (Å²) in [6.45, 7) is 3.67. The summed E-state index contributed by atoms with van der Waals surface area (Å²) in [5.74, 6) is 1.68. The third kappa shape index (κ3) is 5.22. The number of hydrogen-bond donors (Lipinski definition) is 1. The lowest BCUT2D eigenvalue weighted by Crippen LogP contribution is -2.21. The SMILES string of the molecule is COc1ccc(OC)c(NC(=O)COc2cc(C)nc(-c3ccc(C)cc3)n2)c1. The van der Waals surface area contributed by atoms with Gasteiger partial charge in [0.25, 0.3) is 5.91 Å². The fourth-order valence-corrected chi connectivity index (χ4v) is 2.68. The van der Waals surface area contributed by atoms with E-state index in [4.69, 9.17) is 14.2 Å². The molecule has 3 aromatic rings. The lowest BCUT2D eigenvalue weighted by Gasteiger charge is -2.12. The first-order chi connectivity index (χ1) is 14.0. The van der Waals surface area contributed by atoms with Crippen LogP contribution < -0.4 is 19.5 Å². The van der Waals surface area contributed by atoms with Gasteiger partial charge in [0.1, 0.15) is 11.5 Å². The summed E-state index contributed by atoms with van der Waals surface area (Å²) in [5, 5.41) is 2.76. The summed E-state index contributed by atoms with van der Waals surface area (Å²) in [6.07, 6.45) is 0. The van der Waals surface area contributed by atoms with E-state index >= 15 is 0 Å². The summed E-state index contributed by atoms with van der Waals surface area (Å²) >= 11 is 0. The number of hydrogen-bond acceptors (Lipinski definition) is 6. The third-order valence-electron chi connectivity index (χ3n) is 4.17. The fraction of sp³-hybridized carbons (Fsp3) is 0.227. The topological polar surface area (TPSA) is 82.6 Å². The predicted octanol–water partition coefficient (Wildman–Crippen LogP) is 3.80. The molecule has 2 aromatic carbocycles. The molecular weight excluding hydrogens is 370 g/mol. The lowest BCUT2D eigenvalue weighted by atomic mass is 10.1. The van der Waals surface area contributed by atoms with Crippen molar-refractivity contribution in [2.45, 2.75) is 13.8 Å². The quantitative estimate of drug-likeness (QED) is 0.658. The highest BCUT2D eigenvalue weighted by molar-refractivity contribution is 5.93. The molecule has 0 fully saturated rings. The molecule has 0 unspecified atom stereocenters. The number of carbonyl (C=O) groups excluding carboxylic acids is 1. The Labute approximate surface area is 169 Å². The van der Waals surface area contributed by atoms with Crippen LogP contribution in [0.1, 0.15) is 11.3 Å². The Kier molecular flexibility index (Phi) is 6.29. The van der Waals surface area contributed by atoms with E-state index < -0.39 is 0 Å². The van der Waals surface area contributed by atoms with E-state index in [2.05, 4.69) is 15.3 Å². The standard InChI is InChI=1S/C22H23N3O4/c1-14-5-7-16(8-6-14)22-23-15(2)11-21(25-22)29-13-20(26)24-18-12-17(27-3)9-10-19(18)28-4/h5-12H,13H2,1-4H3,(H,24,26). The Balaban J connectivity index is 1.70. The molecule has 0 aliphatic heterocycles. The molecule has 0 aliphatic carbocycles. The van der Waals surface area contributed by atoms with E-state index in [-0.39, 0.29) is 12.5 Å². The second-order valence-electron chi connectivity index (χ2n) is 6.44. The van der Waals surface area contributed by atoms with E-state index in [0.717, 1.165) is 16.8 Å². The lowest BCUT2D eigenvalue weighted by molar-refractivity contribution is -0.118. The molecule has 0 saturated heterocycles. The molecule has 0 aliphatic rings. The second-order valence-corrected chi connectivity index (χ2v) is 6.44. The number of methoxy groups -OCH3 is 2. The monoisotopic (exact) mass is 393 g/mol. The van der Waals surface area contributed by atoms with Crippen molar-refractivity contribution in [3.05, 3.63) is 59.8 Å². The number of aryl methyl sites for hydroxylation is 2. The molecule has 0 atom stereocenters. The fourth-order valence-electron chi connectivity index (χ4n) is 2.68. The van der Waals surface area contributed by atoms with Crippen molar-refractivity contribution in [3.63, 3.8) is 0 Å². The smallest absolute Gasteiger partial charge is 0.262 e. The molecule has 7 nitrogen and oxygen atoms in total. The van der Waals surface area contributed by atoms with Crippen LogP contribution in [0.5, 0.6) is 17.4 Å². The summed E-state index contributed by atoms with van der Waals surface area (Å²) in [7, 11) is 3.09. The van der Waals surface area contributed by atoms with Gasteiger partial charge >= 0.3 is 0 Å². The van der Waals surface area contributed by atoms with Crippen molar-refractivity contribution in [3.8, 4) is 28.8 Å². The first kappa shape index (κ1) is 20.1. The molecule has 0 radical (unpaired) electrons. The molecule has 3 rings (SSSR count). The summed E-state index contributed by atoms with van der Waals surface area (Å²) in [6, 6.07) is 14.7. The minimum Gasteiger partial charge on any atom is -0.497 e. The number of benzene rings is 2. The van der Waals surface area contributed by atoms with Gasteiger partial charge in [-0.3, -0.25) is 4.79 Å². The van der Waals surface area contributed by atoms with Gasteiger partial charge < -0.3 is 19.5 Å². The van der Waals surface area contributed by atoms with Gasteiger partial charge in [0.2, 0.25) is 5.88 Å². The Bertz CT molecular complexity index is 1000. The number of ether oxygens (including phenoxy) is 3. The molecule has 0 bridgehead atoms. The largest absolute Gasteiger partial charge is 0.497 e. The van der Waals surface area contributed by atoms with E-state index in [9.17, 15) is 4.79 Å². The van der Waals surface area contributed by atoms with Crippen LogP contribution >= 0.6 is 0 Å². The van der Waals surface area contributed by atoms with Crippen LogP contribution in [0.15, 0.2) is 48.5 Å². The zero-order valence-electron chi connectivity index (χ0n) is 16.9. The molecule has 150 valence electrons. The van der Waals surface area contributed by atoms with Crippen LogP contribution in [0.2, 0.25) is 0 Å². The molecule has 7 heteroatoms. The summed E-state index contributed by atoms with van der Waals surface area (Å²) in [4.78, 5) is 21.2. The molecular formula is C22H23N3O4. The molecule has 1 amide bonds. The van der Waals surface area contributed by atoms with Gasteiger partial charge in [-0.25, -0.2) is 4.98 Å². The highest BCUT2D eigenvalue weighted by Crippen LogP contribution is 2.28. The van der Waals surface area contributed by atoms with Gasteiger partial charge in [0.05, 0.1) is 19.9 Å². The number of anilines is 1. The maximum atomic E-state index is 12.4. The predicted molar refractivity (Wildman–Crippen MR) is 111 cm³/mol. The summed E-state index contributed by atoms with van der Waals surface area (Å²) in [5.41, 5.74) is 3.29. The third-order valence-corrected chi connectivity index (χ3v) is 4.17. The Morgan fingerprint density at radius 2 is 1.72 bits per heavy atom.